The van der Waals surface area contributed by atoms with Crippen LogP contribution in [0.3, 0.4) is 0 Å². The van der Waals surface area contributed by atoms with E-state index in [0.717, 1.165) is 0 Å². The fraction of sp³-hybridized carbons (Fsp3) is 0.800. The largest absolute Gasteiger partial charge is 0.213 e. The summed E-state index contributed by atoms with van der Waals surface area (Å²) in [4.78, 5) is 0. The fourth-order valence-electron chi connectivity index (χ4n) is 0.644. The van der Waals surface area contributed by atoms with Gasteiger partial charge in [-0.2, -0.15) is 0 Å². The van der Waals surface area contributed by atoms with Gasteiger partial charge in [0.1, 0.15) is 0 Å². The molecule has 1 fully saturated rings. The quantitative estimate of drug-likeness (QED) is 0.546. The first-order chi connectivity index (χ1) is 4.17. The maximum Gasteiger partial charge on any atom is 0.213 e. The van der Waals surface area contributed by atoms with E-state index in [9.17, 15) is 8.42 Å². The molecule has 0 atom stereocenters. The summed E-state index contributed by atoms with van der Waals surface area (Å²) in [6.45, 7) is 2.88. The van der Waals surface area contributed by atoms with Gasteiger partial charge in [-0.05, 0) is 13.3 Å². The summed E-state index contributed by atoms with van der Waals surface area (Å²) in [6, 6.07) is 0. The summed E-state index contributed by atoms with van der Waals surface area (Å²) >= 11 is 0. The smallest absolute Gasteiger partial charge is 0.212 e. The van der Waals surface area contributed by atoms with Gasteiger partial charge in [0, 0.05) is 13.1 Å². The van der Waals surface area contributed by atoms with Crippen LogP contribution in [0.4, 0.5) is 0 Å². The molecule has 0 aromatic carbocycles. The Labute approximate surface area is 55.7 Å². The normalized spacial score (nSPS) is 21.4. The zero-order chi connectivity index (χ0) is 6.91. The van der Waals surface area contributed by atoms with Gasteiger partial charge in [-0.25, -0.2) is 12.7 Å². The summed E-state index contributed by atoms with van der Waals surface area (Å²) in [7, 11) is -2.86. The molecule has 1 rings (SSSR count). The van der Waals surface area contributed by atoms with Crippen molar-refractivity contribution in [3.05, 3.63) is 6.42 Å². The van der Waals surface area contributed by atoms with E-state index in [1.54, 1.807) is 6.92 Å². The van der Waals surface area contributed by atoms with Crippen molar-refractivity contribution in [2.75, 3.05) is 18.8 Å². The molecule has 1 aliphatic rings. The average Bonchev–Trinajstić information content (AvgIpc) is 1.60. The second-order valence-electron chi connectivity index (χ2n) is 2.01. The van der Waals surface area contributed by atoms with Gasteiger partial charge in [0.2, 0.25) is 10.0 Å². The van der Waals surface area contributed by atoms with E-state index in [4.69, 9.17) is 0 Å². The zero-order valence-electron chi connectivity index (χ0n) is 5.37. The Balaban J connectivity index is 2.59. The molecule has 0 aliphatic carbocycles. The molecule has 0 unspecified atom stereocenters. The minimum Gasteiger partial charge on any atom is -0.212 e. The first-order valence-corrected chi connectivity index (χ1v) is 4.57. The monoisotopic (exact) mass is 148 g/mol. The Morgan fingerprint density at radius 3 is 2.22 bits per heavy atom. The molecular formula is C5H10NO2S. The highest BCUT2D eigenvalue weighted by atomic mass is 32.2. The Morgan fingerprint density at radius 1 is 1.56 bits per heavy atom. The van der Waals surface area contributed by atoms with E-state index in [0.29, 0.717) is 13.1 Å². The highest BCUT2D eigenvalue weighted by Crippen LogP contribution is 2.10. The molecule has 1 radical (unpaired) electrons. The number of nitrogens with zero attached hydrogens (tertiary/aromatic N) is 1. The lowest BCUT2D eigenvalue weighted by Gasteiger charge is -2.28. The number of sulfonamides is 1. The lowest BCUT2D eigenvalue weighted by molar-refractivity contribution is 0.386. The molecule has 9 heavy (non-hydrogen) atoms. The second kappa shape index (κ2) is 2.27. The van der Waals surface area contributed by atoms with Crippen LogP contribution in [0.5, 0.6) is 0 Å². The number of hydrogen-bond donors (Lipinski definition) is 0. The summed E-state index contributed by atoms with van der Waals surface area (Å²) in [5, 5.41) is 0. The highest BCUT2D eigenvalue weighted by molar-refractivity contribution is 7.89. The van der Waals surface area contributed by atoms with Gasteiger partial charge < -0.3 is 0 Å². The first-order valence-electron chi connectivity index (χ1n) is 2.96. The van der Waals surface area contributed by atoms with Crippen LogP contribution in [0.2, 0.25) is 0 Å². The van der Waals surface area contributed by atoms with Crippen molar-refractivity contribution < 1.29 is 8.42 Å². The van der Waals surface area contributed by atoms with Gasteiger partial charge in [0.15, 0.2) is 0 Å². The molecule has 0 bridgehead atoms. The van der Waals surface area contributed by atoms with Crippen LogP contribution in [-0.2, 0) is 10.0 Å². The molecule has 0 aromatic heterocycles. The molecule has 0 spiro atoms. The van der Waals surface area contributed by atoms with Crippen molar-refractivity contribution in [3.8, 4) is 0 Å². The van der Waals surface area contributed by atoms with Gasteiger partial charge in [-0.1, -0.05) is 0 Å². The first kappa shape index (κ1) is 7.02. The maximum absolute atomic E-state index is 10.9. The number of hydrogen-bond acceptors (Lipinski definition) is 2. The van der Waals surface area contributed by atoms with Crippen molar-refractivity contribution in [2.45, 2.75) is 6.92 Å². The third kappa shape index (κ3) is 1.24. The third-order valence-electron chi connectivity index (χ3n) is 1.42. The minimum atomic E-state index is -2.86. The fourth-order valence-corrected chi connectivity index (χ4v) is 1.67. The van der Waals surface area contributed by atoms with Crippen LogP contribution in [0, 0.1) is 6.42 Å². The van der Waals surface area contributed by atoms with Crippen LogP contribution in [-0.4, -0.2) is 31.6 Å². The van der Waals surface area contributed by atoms with Gasteiger partial charge in [0.05, 0.1) is 5.75 Å². The lowest BCUT2D eigenvalue weighted by atomic mass is 10.3. The molecule has 1 saturated heterocycles. The van der Waals surface area contributed by atoms with Crippen molar-refractivity contribution in [1.82, 2.24) is 4.31 Å². The average molecular weight is 148 g/mol. The van der Waals surface area contributed by atoms with Crippen molar-refractivity contribution in [1.29, 1.82) is 0 Å². The summed E-state index contributed by atoms with van der Waals surface area (Å²) in [6.07, 6.45) is 1.94. The second-order valence-corrected chi connectivity index (χ2v) is 4.26. The Hall–Kier alpha value is -0.0900. The molecule has 4 heteroatoms. The van der Waals surface area contributed by atoms with Crippen LogP contribution in [0.1, 0.15) is 6.92 Å². The SMILES string of the molecule is CCS(=O)(=O)N1C[CH]C1. The van der Waals surface area contributed by atoms with Crippen molar-refractivity contribution in [2.24, 2.45) is 0 Å². The van der Waals surface area contributed by atoms with Crippen molar-refractivity contribution >= 4 is 10.0 Å². The Kier molecular flexibility index (Phi) is 1.77. The number of rotatable bonds is 2. The summed E-state index contributed by atoms with van der Waals surface area (Å²) < 4.78 is 23.2. The molecule has 53 valence electrons. The Bertz CT molecular complexity index is 181. The molecule has 1 heterocycles. The lowest BCUT2D eigenvalue weighted by Crippen LogP contribution is -2.43. The van der Waals surface area contributed by atoms with E-state index in [2.05, 4.69) is 0 Å². The van der Waals surface area contributed by atoms with E-state index in [1.807, 2.05) is 6.42 Å². The van der Waals surface area contributed by atoms with Crippen LogP contribution >= 0.6 is 0 Å². The minimum absolute atomic E-state index is 0.223. The van der Waals surface area contributed by atoms with Crippen molar-refractivity contribution in [3.63, 3.8) is 0 Å². The third-order valence-corrected chi connectivity index (χ3v) is 3.24. The van der Waals surface area contributed by atoms with Gasteiger partial charge in [0.25, 0.3) is 0 Å². The van der Waals surface area contributed by atoms with E-state index < -0.39 is 10.0 Å². The van der Waals surface area contributed by atoms with E-state index >= 15 is 0 Å². The molecule has 3 nitrogen and oxygen atoms in total. The standard InChI is InChI=1S/C5H10NO2S/c1-2-9(7,8)6-4-3-5-6/h3H,2,4-5H2,1H3. The maximum atomic E-state index is 10.9. The summed E-state index contributed by atoms with van der Waals surface area (Å²) in [5.74, 6) is 0.223. The van der Waals surface area contributed by atoms with Gasteiger partial charge in [-0.3, -0.25) is 0 Å². The molecule has 0 amide bonds. The van der Waals surface area contributed by atoms with E-state index in [-0.39, 0.29) is 5.75 Å². The van der Waals surface area contributed by atoms with Gasteiger partial charge >= 0.3 is 0 Å². The molecule has 0 aromatic rings. The predicted molar refractivity (Wildman–Crippen MR) is 35.3 cm³/mol. The molecule has 1 aliphatic heterocycles. The topological polar surface area (TPSA) is 37.4 Å². The highest BCUT2D eigenvalue weighted by Gasteiger charge is 2.25. The summed E-state index contributed by atoms with van der Waals surface area (Å²) in [5.41, 5.74) is 0. The molecular weight excluding hydrogens is 138 g/mol. The van der Waals surface area contributed by atoms with E-state index in [1.165, 1.54) is 4.31 Å². The van der Waals surface area contributed by atoms with Crippen LogP contribution < -0.4 is 0 Å². The van der Waals surface area contributed by atoms with Crippen LogP contribution in [0.15, 0.2) is 0 Å². The molecule has 0 saturated carbocycles. The van der Waals surface area contributed by atoms with Gasteiger partial charge in [-0.15, -0.1) is 0 Å². The zero-order valence-corrected chi connectivity index (χ0v) is 6.19. The van der Waals surface area contributed by atoms with Crippen LogP contribution in [0.25, 0.3) is 0 Å². The Morgan fingerprint density at radius 2 is 2.11 bits per heavy atom. The predicted octanol–water partition coefficient (Wildman–Crippen LogP) is -0.144. The molecule has 0 N–H and O–H groups in total.